The number of carboxylic acids is 2. The van der Waals surface area contributed by atoms with E-state index in [0.717, 1.165) is 0 Å². The van der Waals surface area contributed by atoms with Gasteiger partial charge in [0.2, 0.25) is 53.2 Å². The van der Waals surface area contributed by atoms with Crippen molar-refractivity contribution in [2.24, 2.45) is 41.1 Å². The van der Waals surface area contributed by atoms with Gasteiger partial charge in [-0.25, -0.2) is 4.79 Å². The van der Waals surface area contributed by atoms with Gasteiger partial charge in [-0.05, 0) is 60.5 Å². The number of hydrogen-bond acceptors (Lipinski definition) is 13. The Balaban J connectivity index is 2.48. The smallest absolute Gasteiger partial charge is 0.326 e. The van der Waals surface area contributed by atoms with Crippen LogP contribution in [0, 0.1) is 29.6 Å². The van der Waals surface area contributed by atoms with Crippen molar-refractivity contribution in [3.63, 3.8) is 0 Å². The fraction of sp³-hybridized carbons (Fsp3) is 0.627. The van der Waals surface area contributed by atoms with Crippen molar-refractivity contribution in [1.29, 1.82) is 0 Å². The lowest BCUT2D eigenvalue weighted by Crippen LogP contribution is -2.61. The highest BCUT2D eigenvalue weighted by atomic mass is 16.4. The van der Waals surface area contributed by atoms with Gasteiger partial charge in [0, 0.05) is 23.5 Å². The average Bonchev–Trinajstić information content (AvgIpc) is 3.73. The summed E-state index contributed by atoms with van der Waals surface area (Å²) in [5.74, 6) is -13.2. The molecule has 0 unspecified atom stereocenters. The predicted octanol–water partition coefficient (Wildman–Crippen LogP) is -0.817. The van der Waals surface area contributed by atoms with Gasteiger partial charge in [-0.1, -0.05) is 93.9 Å². The summed E-state index contributed by atoms with van der Waals surface area (Å²) in [6.45, 7) is 16.1. The van der Waals surface area contributed by atoms with Crippen LogP contribution in [0.15, 0.2) is 30.5 Å². The zero-order valence-electron chi connectivity index (χ0n) is 45.1. The topological polar surface area (TPSA) is 413 Å². The molecule has 1 aromatic carbocycles. The number of nitrogens with one attached hydrogen (secondary N) is 9. The number of fused-ring (bicyclic) bond motifs is 1. The minimum Gasteiger partial charge on any atom is -0.481 e. The summed E-state index contributed by atoms with van der Waals surface area (Å²) >= 11 is 0. The minimum atomic E-state index is -1.84. The number of aliphatic carboxylic acids is 2. The van der Waals surface area contributed by atoms with Gasteiger partial charge in [0.25, 0.3) is 0 Å². The summed E-state index contributed by atoms with van der Waals surface area (Å²) < 4.78 is 0. The molecule has 0 aliphatic rings. The molecule has 0 saturated carbocycles. The van der Waals surface area contributed by atoms with Gasteiger partial charge in [0.1, 0.15) is 48.3 Å². The zero-order valence-corrected chi connectivity index (χ0v) is 45.1. The van der Waals surface area contributed by atoms with E-state index < -0.39 is 151 Å². The van der Waals surface area contributed by atoms with Crippen molar-refractivity contribution < 1.29 is 68.1 Å². The van der Waals surface area contributed by atoms with E-state index in [1.165, 1.54) is 0 Å². The molecule has 16 N–H and O–H groups in total. The molecule has 9 amide bonds. The molecule has 1 heterocycles. The van der Waals surface area contributed by atoms with E-state index in [9.17, 15) is 68.1 Å². The normalized spacial score (nSPS) is 15.4. The van der Waals surface area contributed by atoms with Crippen molar-refractivity contribution in [1.82, 2.24) is 47.5 Å². The van der Waals surface area contributed by atoms with Crippen LogP contribution < -0.4 is 54.0 Å². The van der Waals surface area contributed by atoms with E-state index in [1.807, 2.05) is 13.8 Å². The average molecular weight is 1070 g/mol. The Morgan fingerprint density at radius 1 is 0.539 bits per heavy atom. The fourth-order valence-electron chi connectivity index (χ4n) is 8.09. The van der Waals surface area contributed by atoms with Crippen LogP contribution in [-0.4, -0.2) is 146 Å². The van der Waals surface area contributed by atoms with Gasteiger partial charge in [-0.2, -0.15) is 0 Å². The third kappa shape index (κ3) is 21.2. The Labute approximate surface area is 442 Å². The summed E-state index contributed by atoms with van der Waals surface area (Å²) in [7, 11) is 0. The Morgan fingerprint density at radius 3 is 1.46 bits per heavy atom. The predicted molar refractivity (Wildman–Crippen MR) is 279 cm³/mol. The first-order valence-electron chi connectivity index (χ1n) is 25.6. The minimum absolute atomic E-state index is 0.00968. The molecule has 0 fully saturated rings. The van der Waals surface area contributed by atoms with Crippen LogP contribution in [0.1, 0.15) is 113 Å². The van der Waals surface area contributed by atoms with Crippen LogP contribution >= 0.6 is 0 Å². The number of H-pyrrole nitrogens is 1. The maximum absolute atomic E-state index is 14.4. The number of aliphatic hydroxyl groups is 1. The number of hydrogen-bond donors (Lipinski definition) is 14. The van der Waals surface area contributed by atoms with Crippen molar-refractivity contribution in [3.8, 4) is 0 Å². The van der Waals surface area contributed by atoms with E-state index in [1.54, 1.807) is 85.9 Å². The molecule has 0 radical (unpaired) electrons. The molecule has 2 rings (SSSR count). The molecule has 424 valence electrons. The standard InChI is InChI=1S/C51H81N11O14/c1-11-28(10)42(62-48(72)36(20-39(53)64)55-43(67)31(52)16-24(2)3)50(74)59-37(21-40(65)66)47(71)57-33(17-25(4)5)44(68)56-34(18-26(6)7)45(69)58-35(19-29-22-54-32-15-13-12-14-30(29)32)46(70)60-38(23-63)49(73)61-41(27(8)9)51(75)76/h12-15,22,24-28,31,33-38,41-42,54,63H,11,16-21,23,52H2,1-10H3,(H2,53,64)(H,55,67)(H,56,68)(H,57,71)(H,58,69)(H,59,74)(H,60,70)(H,61,73)(H,62,72)(H,65,66)(H,75,76)/t28-,31-,33-,34-,35-,36-,37-,38-,41-,42-/m0/s1. The number of nitrogens with two attached hydrogens (primary N) is 2. The van der Waals surface area contributed by atoms with E-state index in [4.69, 9.17) is 11.5 Å². The Kier molecular flexibility index (Phi) is 26.5. The van der Waals surface area contributed by atoms with Crippen molar-refractivity contribution in [2.75, 3.05) is 6.61 Å². The molecular formula is C51H81N11O14. The summed E-state index contributed by atoms with van der Waals surface area (Å²) in [6.07, 6.45) is 0.250. The first-order chi connectivity index (χ1) is 35.5. The van der Waals surface area contributed by atoms with Gasteiger partial charge >= 0.3 is 11.9 Å². The van der Waals surface area contributed by atoms with E-state index >= 15 is 0 Å². The Hall–Kier alpha value is -7.15. The highest BCUT2D eigenvalue weighted by molar-refractivity contribution is 6.00. The second-order valence-electron chi connectivity index (χ2n) is 20.8. The second kappa shape index (κ2) is 31.0. The number of aliphatic hydroxyl groups excluding tert-OH is 1. The van der Waals surface area contributed by atoms with Gasteiger partial charge in [0.15, 0.2) is 0 Å². The molecular weight excluding hydrogens is 991 g/mol. The number of aromatic nitrogens is 1. The van der Waals surface area contributed by atoms with Crippen LogP contribution in [0.2, 0.25) is 0 Å². The van der Waals surface area contributed by atoms with Crippen molar-refractivity contribution >= 4 is 76.0 Å². The fourth-order valence-corrected chi connectivity index (χ4v) is 8.09. The van der Waals surface area contributed by atoms with Crippen LogP contribution in [-0.2, 0) is 59.2 Å². The maximum Gasteiger partial charge on any atom is 0.326 e. The number of rotatable bonds is 33. The second-order valence-corrected chi connectivity index (χ2v) is 20.8. The first-order valence-corrected chi connectivity index (χ1v) is 25.6. The maximum atomic E-state index is 14.4. The highest BCUT2D eigenvalue weighted by Crippen LogP contribution is 2.20. The molecule has 10 atom stereocenters. The number of carbonyl (C=O) groups is 11. The highest BCUT2D eigenvalue weighted by Gasteiger charge is 2.37. The lowest BCUT2D eigenvalue weighted by atomic mass is 9.96. The summed E-state index contributed by atoms with van der Waals surface area (Å²) in [6, 6.07) is -6.06. The molecule has 76 heavy (non-hydrogen) atoms. The Bertz CT molecular complexity index is 2350. The SMILES string of the molecule is CC[C@H](C)[C@H](NC(=O)[C@H](CC(N)=O)NC(=O)[C@@H](N)CC(C)C)C(=O)N[C@@H](CC(=O)O)C(=O)N[C@@H](CC(C)C)C(=O)N[C@@H](CC(C)C)C(=O)N[C@@H](Cc1c[nH]c2ccccc12)C(=O)N[C@@H](CO)C(=O)N[C@H](C(=O)O)C(C)C. The third-order valence-corrected chi connectivity index (χ3v) is 12.4. The zero-order chi connectivity index (χ0) is 57.7. The first kappa shape index (κ1) is 65.0. The van der Waals surface area contributed by atoms with E-state index in [0.29, 0.717) is 16.5 Å². The number of amides is 9. The number of primary amides is 1. The van der Waals surface area contributed by atoms with Gasteiger partial charge in [-0.3, -0.25) is 47.9 Å². The number of para-hydroxylation sites is 1. The molecule has 2 aromatic rings. The molecule has 0 saturated heterocycles. The van der Waals surface area contributed by atoms with E-state index in [-0.39, 0.29) is 49.9 Å². The Morgan fingerprint density at radius 2 is 0.974 bits per heavy atom. The quantitative estimate of drug-likeness (QED) is 0.0416. The summed E-state index contributed by atoms with van der Waals surface area (Å²) in [5.41, 5.74) is 12.6. The number of benzene rings is 1. The monoisotopic (exact) mass is 1070 g/mol. The molecule has 0 bridgehead atoms. The summed E-state index contributed by atoms with van der Waals surface area (Å²) in [5, 5.41) is 50.2. The van der Waals surface area contributed by atoms with Crippen LogP contribution in [0.5, 0.6) is 0 Å². The lowest BCUT2D eigenvalue weighted by molar-refractivity contribution is -0.144. The number of aromatic amines is 1. The van der Waals surface area contributed by atoms with Crippen molar-refractivity contribution in [3.05, 3.63) is 36.0 Å². The lowest BCUT2D eigenvalue weighted by Gasteiger charge is -2.29. The van der Waals surface area contributed by atoms with Crippen molar-refractivity contribution in [2.45, 2.75) is 169 Å². The van der Waals surface area contributed by atoms with E-state index in [2.05, 4.69) is 47.5 Å². The number of carboxylic acid groups (broad SMARTS) is 2. The van der Waals surface area contributed by atoms with Crippen LogP contribution in [0.4, 0.5) is 0 Å². The molecule has 0 aliphatic heterocycles. The van der Waals surface area contributed by atoms with Gasteiger partial charge in [0.05, 0.1) is 25.5 Å². The summed E-state index contributed by atoms with van der Waals surface area (Å²) in [4.78, 5) is 150. The molecule has 0 spiro atoms. The largest absolute Gasteiger partial charge is 0.481 e. The van der Waals surface area contributed by atoms with Crippen LogP contribution in [0.3, 0.4) is 0 Å². The van der Waals surface area contributed by atoms with Gasteiger partial charge in [-0.15, -0.1) is 0 Å². The van der Waals surface area contributed by atoms with Crippen LogP contribution in [0.25, 0.3) is 10.9 Å². The molecule has 25 nitrogen and oxygen atoms in total. The third-order valence-electron chi connectivity index (χ3n) is 12.4. The molecule has 1 aromatic heterocycles. The number of carbonyl (C=O) groups excluding carboxylic acids is 9. The molecule has 0 aliphatic carbocycles. The molecule has 25 heteroatoms. The van der Waals surface area contributed by atoms with Gasteiger partial charge < -0.3 is 74.3 Å².